The van der Waals surface area contributed by atoms with Gasteiger partial charge in [0.1, 0.15) is 11.9 Å². The van der Waals surface area contributed by atoms with E-state index in [1.165, 1.54) is 6.07 Å². The van der Waals surface area contributed by atoms with Crippen molar-refractivity contribution in [3.05, 3.63) is 29.1 Å². The van der Waals surface area contributed by atoms with Gasteiger partial charge in [0.2, 0.25) is 11.8 Å². The lowest BCUT2D eigenvalue weighted by molar-refractivity contribution is -0.123. The van der Waals surface area contributed by atoms with Gasteiger partial charge in [0.15, 0.2) is 0 Å². The lowest BCUT2D eigenvalue weighted by Crippen LogP contribution is -2.52. The van der Waals surface area contributed by atoms with Gasteiger partial charge in [-0.15, -0.1) is 0 Å². The van der Waals surface area contributed by atoms with Crippen LogP contribution in [0.2, 0.25) is 0 Å². The van der Waals surface area contributed by atoms with E-state index in [0.717, 1.165) is 30.6 Å². The SMILES string of the molecule is CNC(=O)CN1CCCC(NC(=O)C2Cc3c(F)ccc(C)c3N2)C1. The molecule has 2 aliphatic heterocycles. The van der Waals surface area contributed by atoms with Crippen LogP contribution < -0.4 is 16.0 Å². The number of carbonyl (C=O) groups excluding carboxylic acids is 2. The molecule has 3 N–H and O–H groups in total. The van der Waals surface area contributed by atoms with Crippen LogP contribution in [0.1, 0.15) is 24.0 Å². The predicted octanol–water partition coefficient (Wildman–Crippen LogP) is 0.797. The molecule has 2 unspecified atom stereocenters. The van der Waals surface area contributed by atoms with E-state index in [9.17, 15) is 14.0 Å². The van der Waals surface area contributed by atoms with Gasteiger partial charge in [0.05, 0.1) is 6.54 Å². The maximum atomic E-state index is 14.0. The molecule has 136 valence electrons. The molecule has 1 aromatic rings. The third-order valence-electron chi connectivity index (χ3n) is 5.01. The molecule has 0 radical (unpaired) electrons. The summed E-state index contributed by atoms with van der Waals surface area (Å²) in [5.74, 6) is -0.398. The maximum Gasteiger partial charge on any atom is 0.243 e. The Morgan fingerprint density at radius 3 is 2.92 bits per heavy atom. The lowest BCUT2D eigenvalue weighted by Gasteiger charge is -2.33. The smallest absolute Gasteiger partial charge is 0.243 e. The van der Waals surface area contributed by atoms with Gasteiger partial charge in [0.25, 0.3) is 0 Å². The molecule has 3 rings (SSSR count). The fraction of sp³-hybridized carbons (Fsp3) is 0.556. The van der Waals surface area contributed by atoms with E-state index in [4.69, 9.17) is 0 Å². The van der Waals surface area contributed by atoms with E-state index in [1.807, 2.05) is 11.8 Å². The molecule has 1 saturated heterocycles. The normalized spacial score (nSPS) is 22.8. The number of benzene rings is 1. The summed E-state index contributed by atoms with van der Waals surface area (Å²) < 4.78 is 14.0. The van der Waals surface area contributed by atoms with E-state index in [-0.39, 0.29) is 23.7 Å². The number of carbonyl (C=O) groups is 2. The van der Waals surface area contributed by atoms with Crippen LogP contribution in [0.4, 0.5) is 10.1 Å². The highest BCUT2D eigenvalue weighted by Crippen LogP contribution is 2.31. The van der Waals surface area contributed by atoms with Gasteiger partial charge < -0.3 is 16.0 Å². The Kier molecular flexibility index (Phi) is 5.22. The fourth-order valence-corrected chi connectivity index (χ4v) is 3.63. The highest BCUT2D eigenvalue weighted by Gasteiger charge is 2.32. The summed E-state index contributed by atoms with van der Waals surface area (Å²) >= 11 is 0. The Balaban J connectivity index is 1.57. The first-order chi connectivity index (χ1) is 12.0. The molecule has 0 saturated carbocycles. The summed E-state index contributed by atoms with van der Waals surface area (Å²) in [6.07, 6.45) is 2.19. The number of hydrogen-bond acceptors (Lipinski definition) is 4. The molecule has 0 bridgehead atoms. The van der Waals surface area contributed by atoms with Crippen molar-refractivity contribution in [3.63, 3.8) is 0 Å². The third-order valence-corrected chi connectivity index (χ3v) is 5.01. The summed E-state index contributed by atoms with van der Waals surface area (Å²) in [5, 5.41) is 8.83. The van der Waals surface area contributed by atoms with Gasteiger partial charge >= 0.3 is 0 Å². The van der Waals surface area contributed by atoms with Crippen LogP contribution in [0.5, 0.6) is 0 Å². The molecule has 2 heterocycles. The van der Waals surface area contributed by atoms with Gasteiger partial charge in [-0.05, 0) is 37.9 Å². The van der Waals surface area contributed by atoms with Crippen LogP contribution in [0.3, 0.4) is 0 Å². The van der Waals surface area contributed by atoms with Gasteiger partial charge in [0, 0.05) is 37.3 Å². The van der Waals surface area contributed by atoms with Crippen molar-refractivity contribution in [2.24, 2.45) is 0 Å². The molecule has 1 fully saturated rings. The highest BCUT2D eigenvalue weighted by atomic mass is 19.1. The van der Waals surface area contributed by atoms with E-state index in [2.05, 4.69) is 16.0 Å². The molecule has 1 aromatic carbocycles. The third kappa shape index (κ3) is 3.92. The number of rotatable bonds is 4. The highest BCUT2D eigenvalue weighted by molar-refractivity contribution is 5.88. The summed E-state index contributed by atoms with van der Waals surface area (Å²) in [7, 11) is 1.62. The van der Waals surface area contributed by atoms with Crippen molar-refractivity contribution >= 4 is 17.5 Å². The number of aryl methyl sites for hydroxylation is 1. The first-order valence-corrected chi connectivity index (χ1v) is 8.75. The van der Waals surface area contributed by atoms with E-state index >= 15 is 0 Å². The van der Waals surface area contributed by atoms with Crippen molar-refractivity contribution in [1.82, 2.24) is 15.5 Å². The molecule has 0 spiro atoms. The topological polar surface area (TPSA) is 73.5 Å². The average Bonchev–Trinajstić information content (AvgIpc) is 3.05. The number of fused-ring (bicyclic) bond motifs is 1. The van der Waals surface area contributed by atoms with Gasteiger partial charge in [-0.2, -0.15) is 0 Å². The number of piperidine rings is 1. The zero-order chi connectivity index (χ0) is 18.0. The number of hydrogen-bond donors (Lipinski definition) is 3. The molecule has 0 aromatic heterocycles. The van der Waals surface area contributed by atoms with E-state index < -0.39 is 6.04 Å². The van der Waals surface area contributed by atoms with E-state index in [0.29, 0.717) is 25.1 Å². The lowest BCUT2D eigenvalue weighted by atomic mass is 10.0. The van der Waals surface area contributed by atoms with Crippen molar-refractivity contribution < 1.29 is 14.0 Å². The van der Waals surface area contributed by atoms with Crippen LogP contribution in [0, 0.1) is 12.7 Å². The second-order valence-corrected chi connectivity index (χ2v) is 6.87. The summed E-state index contributed by atoms with van der Waals surface area (Å²) in [6.45, 7) is 3.77. The zero-order valence-corrected chi connectivity index (χ0v) is 14.7. The second-order valence-electron chi connectivity index (χ2n) is 6.87. The summed E-state index contributed by atoms with van der Waals surface area (Å²) in [4.78, 5) is 26.2. The zero-order valence-electron chi connectivity index (χ0n) is 14.7. The number of likely N-dealkylation sites (tertiary alicyclic amines) is 1. The molecule has 7 heteroatoms. The van der Waals surface area contributed by atoms with Crippen molar-refractivity contribution in [1.29, 1.82) is 0 Å². The molecule has 2 atom stereocenters. The maximum absolute atomic E-state index is 14.0. The minimum Gasteiger partial charge on any atom is -0.373 e. The summed E-state index contributed by atoms with van der Waals surface area (Å²) in [6, 6.07) is 2.75. The van der Waals surface area contributed by atoms with Crippen molar-refractivity contribution in [2.45, 2.75) is 38.3 Å². The monoisotopic (exact) mass is 348 g/mol. The second kappa shape index (κ2) is 7.39. The minimum atomic E-state index is -0.445. The first-order valence-electron chi connectivity index (χ1n) is 8.75. The molecule has 6 nitrogen and oxygen atoms in total. The quantitative estimate of drug-likeness (QED) is 0.752. The summed E-state index contributed by atoms with van der Waals surface area (Å²) in [5.41, 5.74) is 2.27. The molecule has 2 aliphatic rings. The number of halogens is 1. The van der Waals surface area contributed by atoms with E-state index in [1.54, 1.807) is 13.1 Å². The van der Waals surface area contributed by atoms with Crippen LogP contribution in [0.25, 0.3) is 0 Å². The standard InChI is InChI=1S/C18H25FN4O2/c1-11-5-6-14(19)13-8-15(22-17(11)13)18(25)21-12-4-3-7-23(9-12)10-16(24)20-2/h5-6,12,15,22H,3-4,7-10H2,1-2H3,(H,20,24)(H,21,25). The molecular formula is C18H25FN4O2. The number of amides is 2. The van der Waals surface area contributed by atoms with Crippen LogP contribution >= 0.6 is 0 Å². The number of nitrogens with zero attached hydrogens (tertiary/aromatic N) is 1. The molecule has 25 heavy (non-hydrogen) atoms. The average molecular weight is 348 g/mol. The Labute approximate surface area is 147 Å². The van der Waals surface area contributed by atoms with Gasteiger partial charge in [-0.1, -0.05) is 6.07 Å². The minimum absolute atomic E-state index is 0.0161. The molecular weight excluding hydrogens is 323 g/mol. The van der Waals surface area contributed by atoms with Gasteiger partial charge in [-0.3, -0.25) is 14.5 Å². The fourth-order valence-electron chi connectivity index (χ4n) is 3.63. The Hall–Kier alpha value is -2.15. The first kappa shape index (κ1) is 17.7. The van der Waals surface area contributed by atoms with Crippen molar-refractivity contribution in [2.75, 3.05) is 32.0 Å². The number of anilines is 1. The van der Waals surface area contributed by atoms with Crippen LogP contribution in [0.15, 0.2) is 12.1 Å². The number of nitrogens with one attached hydrogen (secondary N) is 3. The Morgan fingerprint density at radius 2 is 2.20 bits per heavy atom. The predicted molar refractivity (Wildman–Crippen MR) is 93.9 cm³/mol. The Bertz CT molecular complexity index is 648. The van der Waals surface area contributed by atoms with Crippen LogP contribution in [-0.2, 0) is 16.0 Å². The van der Waals surface area contributed by atoms with Gasteiger partial charge in [-0.25, -0.2) is 4.39 Å². The van der Waals surface area contributed by atoms with Crippen molar-refractivity contribution in [3.8, 4) is 0 Å². The number of likely N-dealkylation sites (N-methyl/N-ethyl adjacent to an activating group) is 1. The van der Waals surface area contributed by atoms with Crippen LogP contribution in [-0.4, -0.2) is 55.5 Å². The largest absolute Gasteiger partial charge is 0.373 e. The Morgan fingerprint density at radius 1 is 1.40 bits per heavy atom. The molecule has 0 aliphatic carbocycles. The molecule has 2 amide bonds.